The van der Waals surface area contributed by atoms with E-state index in [-0.39, 0.29) is 11.6 Å². The van der Waals surface area contributed by atoms with Crippen LogP contribution in [0.1, 0.15) is 54.1 Å². The van der Waals surface area contributed by atoms with Crippen LogP contribution in [0.15, 0.2) is 194 Å². The Kier molecular flexibility index (Phi) is 8.44. The van der Waals surface area contributed by atoms with Crippen molar-refractivity contribution in [1.29, 1.82) is 0 Å². The molecular formula is C63H40O2. The fraction of sp³-hybridized carbons (Fsp3) is 0.0476. The number of rotatable bonds is 0. The second kappa shape index (κ2) is 14.7. The third-order valence-corrected chi connectivity index (χ3v) is 14.1. The van der Waals surface area contributed by atoms with Crippen molar-refractivity contribution in [2.75, 3.05) is 0 Å². The highest BCUT2D eigenvalue weighted by Gasteiger charge is 2.32. The number of fused-ring (bicyclic) bond motifs is 6. The van der Waals surface area contributed by atoms with Crippen LogP contribution in [0.25, 0.3) is 98.3 Å². The molecule has 2 heteroatoms. The van der Waals surface area contributed by atoms with Gasteiger partial charge in [-0.3, -0.25) is 9.59 Å². The highest BCUT2D eigenvalue weighted by molar-refractivity contribution is 6.59. The molecule has 0 aliphatic heterocycles. The van der Waals surface area contributed by atoms with Gasteiger partial charge in [0.25, 0.3) is 0 Å². The van der Waals surface area contributed by atoms with Crippen molar-refractivity contribution in [3.8, 4) is 0 Å². The summed E-state index contributed by atoms with van der Waals surface area (Å²) in [6.45, 7) is 0. The Bertz CT molecular complexity index is 4000. The van der Waals surface area contributed by atoms with Crippen molar-refractivity contribution in [3.05, 3.63) is 239 Å². The third kappa shape index (κ3) is 5.88. The van der Waals surface area contributed by atoms with E-state index in [4.69, 9.17) is 0 Å². The number of Topliss-reactive ketones (excluding diaryl/α,β-unsaturated/α-hetero) is 2. The molecule has 0 spiro atoms. The predicted octanol–water partition coefficient (Wildman–Crippen LogP) is 15.8. The predicted molar refractivity (Wildman–Crippen MR) is 274 cm³/mol. The summed E-state index contributed by atoms with van der Waals surface area (Å²) in [5, 5.41) is 20.5. The lowest BCUT2D eigenvalue weighted by molar-refractivity contribution is 0.0826. The molecule has 16 rings (SSSR count). The first-order valence-electron chi connectivity index (χ1n) is 22.6. The smallest absolute Gasteiger partial charge is 0.234 e. The fourth-order valence-electron chi connectivity index (χ4n) is 11.3. The molecule has 2 nitrogen and oxygen atoms in total. The Hall–Kier alpha value is -8.20. The second-order valence-electron chi connectivity index (χ2n) is 17.7. The minimum atomic E-state index is -0.382. The number of ketones is 2. The maximum atomic E-state index is 12.1. The number of carbonyl (C=O) groups excluding carboxylic acids is 2. The van der Waals surface area contributed by atoms with Gasteiger partial charge >= 0.3 is 0 Å². The van der Waals surface area contributed by atoms with E-state index in [0.29, 0.717) is 11.1 Å². The summed E-state index contributed by atoms with van der Waals surface area (Å²) in [6.07, 6.45) is 7.97. The first-order chi connectivity index (χ1) is 32.1. The van der Waals surface area contributed by atoms with Crippen LogP contribution in [-0.4, -0.2) is 11.6 Å². The number of hydrogen-bond donors (Lipinski definition) is 0. The van der Waals surface area contributed by atoms with E-state index in [1.54, 1.807) is 11.6 Å². The summed E-state index contributed by atoms with van der Waals surface area (Å²) in [6, 6.07) is 68.1. The van der Waals surface area contributed by atoms with Gasteiger partial charge in [0, 0.05) is 16.5 Å². The average molecular weight is 829 g/mol. The number of aryl methyl sites for hydroxylation is 2. The van der Waals surface area contributed by atoms with Crippen LogP contribution in [-0.2, 0) is 19.3 Å². The first kappa shape index (κ1) is 37.4. The molecule has 0 unspecified atom stereocenters. The Morgan fingerprint density at radius 2 is 0.831 bits per heavy atom. The van der Waals surface area contributed by atoms with Crippen LogP contribution in [0.2, 0.25) is 0 Å². The molecule has 0 saturated carbocycles. The highest BCUT2D eigenvalue weighted by Crippen LogP contribution is 2.40. The summed E-state index contributed by atoms with van der Waals surface area (Å²) in [5.74, 6) is -0.759. The lowest BCUT2D eigenvalue weighted by Gasteiger charge is -2.06. The summed E-state index contributed by atoms with van der Waals surface area (Å²) < 4.78 is 0. The summed E-state index contributed by atoms with van der Waals surface area (Å²) >= 11 is 0. The number of benzene rings is 12. The van der Waals surface area contributed by atoms with Gasteiger partial charge in [-0.2, -0.15) is 0 Å². The molecule has 0 aromatic heterocycles. The zero-order chi connectivity index (χ0) is 43.2. The molecule has 0 heterocycles. The van der Waals surface area contributed by atoms with Gasteiger partial charge in [0.15, 0.2) is 0 Å². The van der Waals surface area contributed by atoms with Crippen molar-refractivity contribution in [2.24, 2.45) is 0 Å². The highest BCUT2D eigenvalue weighted by atomic mass is 16.2. The van der Waals surface area contributed by atoms with E-state index in [1.165, 1.54) is 105 Å². The zero-order valence-electron chi connectivity index (χ0n) is 35.6. The van der Waals surface area contributed by atoms with E-state index >= 15 is 0 Å². The fourth-order valence-corrected chi connectivity index (χ4v) is 11.3. The Morgan fingerprint density at radius 3 is 1.52 bits per heavy atom. The minimum Gasteiger partial charge on any atom is -0.285 e. The van der Waals surface area contributed by atoms with Crippen LogP contribution in [0.4, 0.5) is 0 Å². The van der Waals surface area contributed by atoms with E-state index in [2.05, 4.69) is 158 Å². The minimum absolute atomic E-state index is 0.377. The second-order valence-corrected chi connectivity index (χ2v) is 17.7. The van der Waals surface area contributed by atoms with Gasteiger partial charge in [0.05, 0.1) is 0 Å². The molecular weight excluding hydrogens is 789 g/mol. The number of carbonyl (C=O) groups is 2. The van der Waals surface area contributed by atoms with Gasteiger partial charge < -0.3 is 0 Å². The summed E-state index contributed by atoms with van der Waals surface area (Å²) in [7, 11) is 0. The maximum Gasteiger partial charge on any atom is 0.234 e. The van der Waals surface area contributed by atoms with Crippen LogP contribution in [0, 0.1) is 0 Å². The van der Waals surface area contributed by atoms with Crippen LogP contribution >= 0.6 is 0 Å². The van der Waals surface area contributed by atoms with Crippen molar-refractivity contribution in [2.45, 2.75) is 19.3 Å². The Labute approximate surface area is 375 Å². The topological polar surface area (TPSA) is 34.1 Å². The summed E-state index contributed by atoms with van der Waals surface area (Å²) in [4.78, 5) is 24.1. The maximum absolute atomic E-state index is 12.1. The first-order valence-corrected chi connectivity index (χ1v) is 22.6. The van der Waals surface area contributed by atoms with E-state index in [1.807, 2.05) is 42.5 Å². The van der Waals surface area contributed by atoms with Gasteiger partial charge in [-0.25, -0.2) is 0 Å². The molecule has 65 heavy (non-hydrogen) atoms. The van der Waals surface area contributed by atoms with Gasteiger partial charge in [0.1, 0.15) is 0 Å². The Morgan fingerprint density at radius 1 is 0.323 bits per heavy atom. The molecule has 0 saturated heterocycles. The molecule has 12 aromatic carbocycles. The van der Waals surface area contributed by atoms with Crippen molar-refractivity contribution in [1.82, 2.24) is 0 Å². The van der Waals surface area contributed by atoms with Gasteiger partial charge in [0.2, 0.25) is 11.6 Å². The van der Waals surface area contributed by atoms with Gasteiger partial charge in [-0.15, -0.1) is 0 Å². The monoisotopic (exact) mass is 828 g/mol. The molecule has 304 valence electrons. The van der Waals surface area contributed by atoms with Crippen molar-refractivity contribution >= 4 is 110 Å². The van der Waals surface area contributed by atoms with E-state index in [0.717, 1.165) is 28.0 Å². The molecule has 12 aromatic rings. The zero-order valence-corrected chi connectivity index (χ0v) is 35.6. The lowest BCUT2D eigenvalue weighted by atomic mass is 9.98. The quantitative estimate of drug-likeness (QED) is 0.0867. The average Bonchev–Trinajstić information content (AvgIpc) is 4.15. The van der Waals surface area contributed by atoms with Crippen LogP contribution in [0.5, 0.6) is 0 Å². The van der Waals surface area contributed by atoms with Crippen molar-refractivity contribution < 1.29 is 9.59 Å². The molecule has 4 aliphatic carbocycles. The molecule has 0 bridgehead atoms. The number of hydrogen-bond acceptors (Lipinski definition) is 2. The SMILES string of the molecule is C1=Cc2c3ccccc3cc3cccc1c23.O=C1C(=O)c2c3ccccc3cc3cccc1c23.c1cc2c3c(c1)ccc1cccc(c13)C2.c1ccc2c3c4c(cccc4cc2c1)CC3. The largest absolute Gasteiger partial charge is 0.285 e. The molecule has 0 radical (unpaired) electrons. The van der Waals surface area contributed by atoms with Gasteiger partial charge in [-0.1, -0.05) is 188 Å². The van der Waals surface area contributed by atoms with Crippen molar-refractivity contribution in [3.63, 3.8) is 0 Å². The Balaban J connectivity index is 0.0000000870. The van der Waals surface area contributed by atoms with Gasteiger partial charge in [-0.05, 0) is 152 Å². The van der Waals surface area contributed by atoms with E-state index in [9.17, 15) is 9.59 Å². The lowest BCUT2D eigenvalue weighted by Crippen LogP contribution is -2.06. The summed E-state index contributed by atoms with van der Waals surface area (Å²) in [5.41, 5.74) is 9.89. The van der Waals surface area contributed by atoms with E-state index < -0.39 is 0 Å². The molecule has 0 atom stereocenters. The molecule has 0 amide bonds. The molecule has 0 fully saturated rings. The van der Waals surface area contributed by atoms with Crippen LogP contribution in [0.3, 0.4) is 0 Å². The molecule has 0 N–H and O–H groups in total. The molecule has 4 aliphatic rings. The standard InChI is InChI=1S/C16H8O2.C16H12.C16H10.C15H10/c17-15-12-7-3-5-10-8-9-4-1-2-6-11(9)14(13(10)12)16(15)18;2*1-2-7-14-12(4-1)10-13-6-3-5-11-8-9-15(14)16(11)13;1-3-10-7-8-11-4-2-6-13-9-12(5-1)14(10)15(11)13/h1-8H;1-7,10H,8-9H2;1-10H;1-8H,9H2. The third-order valence-electron chi connectivity index (χ3n) is 14.1. The van der Waals surface area contributed by atoms with Crippen LogP contribution < -0.4 is 0 Å². The normalized spacial score (nSPS) is 13.4.